The van der Waals surface area contributed by atoms with Gasteiger partial charge in [-0.2, -0.15) is 0 Å². The molecule has 1 aliphatic rings. The van der Waals surface area contributed by atoms with Gasteiger partial charge in [-0.15, -0.1) is 0 Å². The van der Waals surface area contributed by atoms with Crippen molar-refractivity contribution < 1.29 is 4.39 Å². The lowest BCUT2D eigenvalue weighted by atomic mass is 9.91. The molecule has 6 nitrogen and oxygen atoms in total. The molecule has 0 aromatic carbocycles. The summed E-state index contributed by atoms with van der Waals surface area (Å²) in [6.07, 6.45) is -0.0999. The quantitative estimate of drug-likeness (QED) is 0.358. The Bertz CT molecular complexity index is 240. The molecule has 0 bridgehead atoms. The fourth-order valence-electron chi connectivity index (χ4n) is 1.53. The van der Waals surface area contributed by atoms with Crippen LogP contribution in [0.2, 0.25) is 0 Å². The van der Waals surface area contributed by atoms with Crippen LogP contribution in [0.1, 0.15) is 19.3 Å². The summed E-state index contributed by atoms with van der Waals surface area (Å²) in [5, 5.41) is 6.85. The van der Waals surface area contributed by atoms with Crippen molar-refractivity contribution in [1.82, 2.24) is 0 Å². The zero-order valence-electron chi connectivity index (χ0n) is 6.91. The largest absolute Gasteiger partial charge is 0.247 e. The summed E-state index contributed by atoms with van der Waals surface area (Å²) in [6, 6.07) is -0.742. The minimum absolute atomic E-state index is 0.238. The molecule has 0 aromatic heterocycles. The van der Waals surface area contributed by atoms with E-state index in [0.717, 1.165) is 0 Å². The fraction of sp³-hybridized carbons (Fsp3) is 1.00. The Hall–Kier alpha value is -1.45. The van der Waals surface area contributed by atoms with Crippen LogP contribution in [0.4, 0.5) is 4.39 Å². The average molecular weight is 184 g/mol. The van der Waals surface area contributed by atoms with Gasteiger partial charge in [-0.3, -0.25) is 0 Å². The van der Waals surface area contributed by atoms with Gasteiger partial charge in [-0.05, 0) is 30.3 Å². The highest BCUT2D eigenvalue weighted by molar-refractivity contribution is 4.87. The highest BCUT2D eigenvalue weighted by Gasteiger charge is 2.27. The lowest BCUT2D eigenvalue weighted by Crippen LogP contribution is -2.28. The van der Waals surface area contributed by atoms with Crippen LogP contribution in [0.15, 0.2) is 10.2 Å². The van der Waals surface area contributed by atoms with E-state index in [2.05, 4.69) is 20.1 Å². The van der Waals surface area contributed by atoms with E-state index in [4.69, 9.17) is 11.1 Å². The first-order valence-corrected chi connectivity index (χ1v) is 3.98. The van der Waals surface area contributed by atoms with Gasteiger partial charge in [0.25, 0.3) is 0 Å². The van der Waals surface area contributed by atoms with Crippen molar-refractivity contribution in [2.75, 3.05) is 0 Å². The summed E-state index contributed by atoms with van der Waals surface area (Å²) in [6.45, 7) is 0. The molecule has 1 fully saturated rings. The van der Waals surface area contributed by atoms with Gasteiger partial charge < -0.3 is 0 Å². The van der Waals surface area contributed by atoms with Gasteiger partial charge in [0.1, 0.15) is 6.17 Å². The maximum absolute atomic E-state index is 13.0. The number of alkyl halides is 1. The minimum Gasteiger partial charge on any atom is -0.247 e. The molecule has 13 heavy (non-hydrogen) atoms. The van der Waals surface area contributed by atoms with Crippen LogP contribution in [0.25, 0.3) is 20.9 Å². The zero-order chi connectivity index (χ0) is 9.68. The van der Waals surface area contributed by atoms with Crippen LogP contribution in [-0.4, -0.2) is 18.3 Å². The van der Waals surface area contributed by atoms with E-state index in [0.29, 0.717) is 6.42 Å². The molecular formula is C6H9FN6. The number of hydrogen-bond donors (Lipinski definition) is 0. The Morgan fingerprint density at radius 3 is 1.85 bits per heavy atom. The van der Waals surface area contributed by atoms with Crippen molar-refractivity contribution in [2.45, 2.75) is 37.5 Å². The SMILES string of the molecule is [N-]=[N+]=NC1CC(F)CC(N=[N+]=[N-])C1. The van der Waals surface area contributed by atoms with Crippen molar-refractivity contribution >= 4 is 0 Å². The van der Waals surface area contributed by atoms with Crippen LogP contribution >= 0.6 is 0 Å². The third-order valence-corrected chi connectivity index (χ3v) is 2.03. The molecule has 0 saturated heterocycles. The van der Waals surface area contributed by atoms with Gasteiger partial charge in [0.05, 0.1) is 0 Å². The molecule has 2 atom stereocenters. The Labute approximate surface area is 74.0 Å². The van der Waals surface area contributed by atoms with Crippen molar-refractivity contribution in [3.8, 4) is 0 Å². The summed E-state index contributed by atoms with van der Waals surface area (Å²) in [5.74, 6) is 0. The minimum atomic E-state index is -1.03. The lowest BCUT2D eigenvalue weighted by Gasteiger charge is -2.25. The number of rotatable bonds is 2. The maximum Gasteiger partial charge on any atom is 0.101 e. The molecule has 0 aromatic rings. The topological polar surface area (TPSA) is 97.5 Å². The summed E-state index contributed by atoms with van der Waals surface area (Å²) in [4.78, 5) is 5.22. The normalized spacial score (nSPS) is 32.8. The van der Waals surface area contributed by atoms with E-state index in [1.165, 1.54) is 0 Å². The first-order chi connectivity index (χ1) is 6.26. The van der Waals surface area contributed by atoms with E-state index >= 15 is 0 Å². The molecule has 0 amide bonds. The summed E-state index contributed by atoms with van der Waals surface area (Å²) in [5.41, 5.74) is 16.3. The van der Waals surface area contributed by atoms with Crippen LogP contribution in [-0.2, 0) is 0 Å². The molecule has 0 radical (unpaired) electrons. The Morgan fingerprint density at radius 2 is 1.46 bits per heavy atom. The molecule has 1 saturated carbocycles. The molecule has 1 rings (SSSR count). The van der Waals surface area contributed by atoms with Gasteiger partial charge in [-0.25, -0.2) is 4.39 Å². The highest BCUT2D eigenvalue weighted by atomic mass is 19.1. The second kappa shape index (κ2) is 4.54. The van der Waals surface area contributed by atoms with Gasteiger partial charge >= 0.3 is 0 Å². The monoisotopic (exact) mass is 184 g/mol. The zero-order valence-corrected chi connectivity index (χ0v) is 6.91. The Kier molecular flexibility index (Phi) is 3.37. The van der Waals surface area contributed by atoms with Gasteiger partial charge in [0, 0.05) is 21.9 Å². The molecule has 2 unspecified atom stereocenters. The van der Waals surface area contributed by atoms with E-state index in [-0.39, 0.29) is 24.9 Å². The second-order valence-corrected chi connectivity index (χ2v) is 3.02. The number of nitrogens with zero attached hydrogens (tertiary/aromatic N) is 6. The molecule has 7 heteroatoms. The van der Waals surface area contributed by atoms with Crippen LogP contribution in [0.5, 0.6) is 0 Å². The van der Waals surface area contributed by atoms with Crippen LogP contribution < -0.4 is 0 Å². The molecule has 0 N–H and O–H groups in total. The third kappa shape index (κ3) is 2.82. The number of halogens is 1. The molecular weight excluding hydrogens is 175 g/mol. The standard InChI is InChI=1S/C6H9FN6/c7-4-1-5(10-12-8)3-6(2-4)11-13-9/h4-6H,1-3H2. The number of azide groups is 2. The summed E-state index contributed by atoms with van der Waals surface area (Å²) in [7, 11) is 0. The number of hydrogen-bond acceptors (Lipinski definition) is 2. The molecule has 1 aliphatic carbocycles. The Morgan fingerprint density at radius 1 is 1.00 bits per heavy atom. The summed E-state index contributed by atoms with van der Waals surface area (Å²) < 4.78 is 13.0. The van der Waals surface area contributed by atoms with E-state index in [1.807, 2.05) is 0 Å². The molecule has 0 spiro atoms. The van der Waals surface area contributed by atoms with Crippen molar-refractivity contribution in [1.29, 1.82) is 0 Å². The highest BCUT2D eigenvalue weighted by Crippen LogP contribution is 2.26. The van der Waals surface area contributed by atoms with Gasteiger partial charge in [0.2, 0.25) is 0 Å². The molecule has 70 valence electrons. The Balaban J connectivity index is 2.61. The van der Waals surface area contributed by atoms with Crippen molar-refractivity contribution in [3.63, 3.8) is 0 Å². The van der Waals surface area contributed by atoms with E-state index < -0.39 is 6.17 Å². The van der Waals surface area contributed by atoms with Crippen molar-refractivity contribution in [2.24, 2.45) is 10.2 Å². The predicted octanol–water partition coefficient (Wildman–Crippen LogP) is 2.87. The smallest absolute Gasteiger partial charge is 0.101 e. The van der Waals surface area contributed by atoms with E-state index in [1.54, 1.807) is 0 Å². The van der Waals surface area contributed by atoms with Crippen LogP contribution in [0.3, 0.4) is 0 Å². The van der Waals surface area contributed by atoms with Gasteiger partial charge in [0.15, 0.2) is 0 Å². The van der Waals surface area contributed by atoms with Gasteiger partial charge in [-0.1, -0.05) is 10.2 Å². The first-order valence-electron chi connectivity index (χ1n) is 3.98. The fourth-order valence-corrected chi connectivity index (χ4v) is 1.53. The summed E-state index contributed by atoms with van der Waals surface area (Å²) >= 11 is 0. The molecule has 0 heterocycles. The molecule has 0 aliphatic heterocycles. The van der Waals surface area contributed by atoms with Crippen LogP contribution in [0, 0.1) is 0 Å². The van der Waals surface area contributed by atoms with E-state index in [9.17, 15) is 4.39 Å². The average Bonchev–Trinajstić information content (AvgIpc) is 2.04. The third-order valence-electron chi connectivity index (χ3n) is 2.03. The lowest BCUT2D eigenvalue weighted by molar-refractivity contribution is 0.214. The maximum atomic E-state index is 13.0. The van der Waals surface area contributed by atoms with Crippen molar-refractivity contribution in [3.05, 3.63) is 20.9 Å². The second-order valence-electron chi connectivity index (χ2n) is 3.02. The first kappa shape index (κ1) is 9.64. The predicted molar refractivity (Wildman–Crippen MR) is 44.6 cm³/mol.